The number of aromatic amines is 2. The number of fused-ring (bicyclic) bond motifs is 2. The molecule has 0 atom stereocenters. The van der Waals surface area contributed by atoms with Crippen molar-refractivity contribution in [1.29, 1.82) is 0 Å². The molecule has 5 heterocycles. The maximum Gasteiger partial charge on any atom is 0.155 e. The fraction of sp³-hybridized carbons (Fsp3) is 0.120. The summed E-state index contributed by atoms with van der Waals surface area (Å²) in [5.41, 5.74) is 6.44. The third-order valence-electron chi connectivity index (χ3n) is 6.15. The quantitative estimate of drug-likeness (QED) is 0.390. The summed E-state index contributed by atoms with van der Waals surface area (Å²) >= 11 is 0. The smallest absolute Gasteiger partial charge is 0.155 e. The van der Waals surface area contributed by atoms with Gasteiger partial charge in [-0.15, -0.1) is 0 Å². The fourth-order valence-corrected chi connectivity index (χ4v) is 4.26. The number of aryl methyl sites for hydroxylation is 1. The SMILES string of the molecule is COc1cc(F)cc(-c2cncc3[nH]c(-c4n[nH]c5ncc(-c6cnc(C)n6C)cc45)cc23)c1. The van der Waals surface area contributed by atoms with Gasteiger partial charge in [0.15, 0.2) is 5.65 Å². The van der Waals surface area contributed by atoms with E-state index in [1.54, 1.807) is 18.5 Å². The van der Waals surface area contributed by atoms with E-state index in [4.69, 9.17) is 4.74 Å². The minimum atomic E-state index is -0.371. The van der Waals surface area contributed by atoms with Crippen molar-refractivity contribution < 1.29 is 9.13 Å². The Kier molecular flexibility index (Phi) is 4.44. The Morgan fingerprint density at radius 1 is 0.941 bits per heavy atom. The molecule has 0 radical (unpaired) electrons. The van der Waals surface area contributed by atoms with Crippen molar-refractivity contribution in [3.63, 3.8) is 0 Å². The number of benzene rings is 1. The van der Waals surface area contributed by atoms with Crippen molar-refractivity contribution in [2.45, 2.75) is 6.92 Å². The Hall–Kier alpha value is -4.53. The van der Waals surface area contributed by atoms with Crippen LogP contribution in [0.5, 0.6) is 5.75 Å². The summed E-state index contributed by atoms with van der Waals surface area (Å²) < 4.78 is 21.4. The number of nitrogens with zero attached hydrogens (tertiary/aromatic N) is 5. The second-order valence-electron chi connectivity index (χ2n) is 8.15. The number of hydrogen-bond acceptors (Lipinski definition) is 5. The van der Waals surface area contributed by atoms with E-state index in [1.807, 2.05) is 37.0 Å². The van der Waals surface area contributed by atoms with Crippen LogP contribution >= 0.6 is 0 Å². The maximum atomic E-state index is 14.2. The van der Waals surface area contributed by atoms with Gasteiger partial charge in [0.05, 0.1) is 36.4 Å². The second kappa shape index (κ2) is 7.51. The van der Waals surface area contributed by atoms with Crippen LogP contribution in [0.4, 0.5) is 4.39 Å². The van der Waals surface area contributed by atoms with Gasteiger partial charge >= 0.3 is 0 Å². The lowest BCUT2D eigenvalue weighted by Gasteiger charge is -2.06. The van der Waals surface area contributed by atoms with Crippen molar-refractivity contribution >= 4 is 21.9 Å². The number of pyridine rings is 2. The molecule has 5 aromatic heterocycles. The Morgan fingerprint density at radius 2 is 1.82 bits per heavy atom. The summed E-state index contributed by atoms with van der Waals surface area (Å²) in [5.74, 6) is 1.00. The van der Waals surface area contributed by atoms with E-state index in [9.17, 15) is 4.39 Å². The summed E-state index contributed by atoms with van der Waals surface area (Å²) in [6.07, 6.45) is 7.12. The maximum absolute atomic E-state index is 14.2. The van der Waals surface area contributed by atoms with E-state index in [2.05, 4.69) is 36.2 Å². The Labute approximate surface area is 193 Å². The van der Waals surface area contributed by atoms with Crippen LogP contribution in [0.3, 0.4) is 0 Å². The first-order valence-corrected chi connectivity index (χ1v) is 10.7. The number of methoxy groups -OCH3 is 1. The van der Waals surface area contributed by atoms with Crippen LogP contribution < -0.4 is 4.74 Å². The first-order valence-electron chi connectivity index (χ1n) is 10.7. The van der Waals surface area contributed by atoms with Gasteiger partial charge in [0.1, 0.15) is 23.1 Å². The number of H-pyrrole nitrogens is 2. The molecule has 0 aliphatic heterocycles. The van der Waals surface area contributed by atoms with E-state index in [0.717, 1.165) is 50.3 Å². The van der Waals surface area contributed by atoms with E-state index >= 15 is 0 Å². The Balaban J connectivity index is 1.50. The van der Waals surface area contributed by atoms with Crippen LogP contribution in [0.25, 0.3) is 55.7 Å². The van der Waals surface area contributed by atoms with E-state index in [-0.39, 0.29) is 5.82 Å². The molecule has 9 heteroatoms. The minimum Gasteiger partial charge on any atom is -0.497 e. The van der Waals surface area contributed by atoms with Crippen molar-refractivity contribution in [2.75, 3.05) is 7.11 Å². The monoisotopic (exact) mass is 453 g/mol. The van der Waals surface area contributed by atoms with Crippen LogP contribution in [0.1, 0.15) is 5.82 Å². The van der Waals surface area contributed by atoms with Gasteiger partial charge in [0.2, 0.25) is 0 Å². The van der Waals surface area contributed by atoms with Crippen molar-refractivity contribution in [3.05, 3.63) is 66.8 Å². The summed E-state index contributed by atoms with van der Waals surface area (Å²) in [5, 5.41) is 9.32. The minimum absolute atomic E-state index is 0.371. The number of hydrogen-bond donors (Lipinski definition) is 2. The zero-order valence-corrected chi connectivity index (χ0v) is 18.7. The number of imidazole rings is 1. The van der Waals surface area contributed by atoms with Crippen LogP contribution in [0.2, 0.25) is 0 Å². The molecule has 6 rings (SSSR count). The highest BCUT2D eigenvalue weighted by molar-refractivity contribution is 6.00. The van der Waals surface area contributed by atoms with E-state index < -0.39 is 0 Å². The first kappa shape index (κ1) is 20.1. The van der Waals surface area contributed by atoms with Gasteiger partial charge in [-0.1, -0.05) is 0 Å². The molecule has 0 spiro atoms. The van der Waals surface area contributed by atoms with Crippen molar-refractivity contribution in [3.8, 4) is 39.5 Å². The summed E-state index contributed by atoms with van der Waals surface area (Å²) in [4.78, 5) is 16.7. The molecule has 6 aromatic rings. The molecule has 0 bridgehead atoms. The average Bonchev–Trinajstić information content (AvgIpc) is 3.54. The average molecular weight is 453 g/mol. The molecule has 0 aliphatic rings. The number of nitrogens with one attached hydrogen (secondary N) is 2. The van der Waals surface area contributed by atoms with Crippen molar-refractivity contribution in [1.82, 2.24) is 34.7 Å². The number of halogens is 1. The molecule has 0 saturated heterocycles. The Morgan fingerprint density at radius 3 is 2.62 bits per heavy atom. The number of aromatic nitrogens is 7. The third-order valence-corrected chi connectivity index (χ3v) is 6.15. The van der Waals surface area contributed by atoms with Gasteiger partial charge < -0.3 is 14.3 Å². The number of rotatable bonds is 4. The molecule has 0 aliphatic carbocycles. The molecule has 2 N–H and O–H groups in total. The lowest BCUT2D eigenvalue weighted by molar-refractivity contribution is 0.411. The lowest BCUT2D eigenvalue weighted by atomic mass is 10.0. The molecule has 0 fully saturated rings. The van der Waals surface area contributed by atoms with Crippen LogP contribution in [0, 0.1) is 12.7 Å². The summed E-state index contributed by atoms with van der Waals surface area (Å²) in [6.45, 7) is 1.96. The predicted octanol–water partition coefficient (Wildman–Crippen LogP) is 5.02. The largest absolute Gasteiger partial charge is 0.497 e. The molecular formula is C25H20FN7O. The van der Waals surface area contributed by atoms with E-state index in [0.29, 0.717) is 17.0 Å². The molecular weight excluding hydrogens is 433 g/mol. The van der Waals surface area contributed by atoms with Crippen LogP contribution in [-0.2, 0) is 7.05 Å². The topological polar surface area (TPSA) is 97.3 Å². The fourth-order valence-electron chi connectivity index (χ4n) is 4.26. The zero-order chi connectivity index (χ0) is 23.4. The van der Waals surface area contributed by atoms with Gasteiger partial charge in [-0.05, 0) is 36.8 Å². The molecule has 0 saturated carbocycles. The molecule has 8 nitrogen and oxygen atoms in total. The van der Waals surface area contributed by atoms with Crippen molar-refractivity contribution in [2.24, 2.45) is 7.05 Å². The second-order valence-corrected chi connectivity index (χ2v) is 8.15. The predicted molar refractivity (Wildman–Crippen MR) is 128 cm³/mol. The lowest BCUT2D eigenvalue weighted by Crippen LogP contribution is -1.94. The first-order chi connectivity index (χ1) is 16.5. The molecule has 0 unspecified atom stereocenters. The van der Waals surface area contributed by atoms with Gasteiger partial charge in [-0.2, -0.15) is 5.10 Å². The normalized spacial score (nSPS) is 11.5. The highest BCUT2D eigenvalue weighted by Gasteiger charge is 2.17. The van der Waals surface area contributed by atoms with Crippen LogP contribution in [-0.4, -0.2) is 41.8 Å². The highest BCUT2D eigenvalue weighted by Crippen LogP contribution is 2.35. The van der Waals surface area contributed by atoms with Gasteiger partial charge in [-0.3, -0.25) is 10.1 Å². The van der Waals surface area contributed by atoms with Crippen LogP contribution in [0.15, 0.2) is 55.1 Å². The zero-order valence-electron chi connectivity index (χ0n) is 18.7. The molecule has 0 amide bonds. The van der Waals surface area contributed by atoms with E-state index in [1.165, 1.54) is 19.2 Å². The van der Waals surface area contributed by atoms with Gasteiger partial charge in [-0.25, -0.2) is 14.4 Å². The summed E-state index contributed by atoms with van der Waals surface area (Å²) in [6, 6.07) is 8.67. The standard InChI is InChI=1S/C25H20FN7O/c1-13-28-12-23(33(13)2)15-6-19-24(31-32-25(19)29-9-15)21-8-18-20(10-27-11-22(18)30-21)14-4-16(26)7-17(5-14)34-3/h4-12,30H,1-3H3,(H,29,31,32). The molecule has 1 aromatic carbocycles. The number of ether oxygens (including phenoxy) is 1. The highest BCUT2D eigenvalue weighted by atomic mass is 19.1. The Bertz CT molecular complexity index is 1690. The molecule has 34 heavy (non-hydrogen) atoms. The van der Waals surface area contributed by atoms with Gasteiger partial charge in [0, 0.05) is 47.4 Å². The van der Waals surface area contributed by atoms with Gasteiger partial charge in [0.25, 0.3) is 0 Å². The molecule has 168 valence electrons. The summed E-state index contributed by atoms with van der Waals surface area (Å²) in [7, 11) is 3.50. The third kappa shape index (κ3) is 3.13.